The van der Waals surface area contributed by atoms with Crippen molar-refractivity contribution in [2.24, 2.45) is 0 Å². The van der Waals surface area contributed by atoms with Crippen molar-refractivity contribution >= 4 is 22.2 Å². The Morgan fingerprint density at radius 3 is 2.44 bits per heavy atom. The van der Waals surface area contributed by atoms with E-state index in [1.54, 1.807) is 20.8 Å². The van der Waals surface area contributed by atoms with Crippen molar-refractivity contribution in [2.75, 3.05) is 6.54 Å². The summed E-state index contributed by atoms with van der Waals surface area (Å²) in [5.74, 6) is 0. The van der Waals surface area contributed by atoms with E-state index in [1.165, 1.54) is 12.1 Å². The van der Waals surface area contributed by atoms with Crippen molar-refractivity contribution < 1.29 is 31.5 Å². The standard InChI is InChI=1S/C18H23F2NO5S/c1-17(2,3)26-16(23)21-11-7-6-10-15(21)18(19,20)27(24,25)14-9-5-4-8-13(14)12-22/h4-5,8-9,12,15H,6-7,10-11H2,1-3H3. The number of halogens is 2. The summed E-state index contributed by atoms with van der Waals surface area (Å²) in [7, 11) is -5.21. The number of amides is 1. The average Bonchev–Trinajstić information content (AvgIpc) is 2.60. The number of piperidine rings is 1. The van der Waals surface area contributed by atoms with Crippen LogP contribution in [0.1, 0.15) is 50.4 Å². The van der Waals surface area contributed by atoms with Crippen molar-refractivity contribution in [3.05, 3.63) is 29.8 Å². The molecule has 0 bridgehead atoms. The number of hydrogen-bond donors (Lipinski definition) is 0. The quantitative estimate of drug-likeness (QED) is 0.717. The van der Waals surface area contributed by atoms with Crippen LogP contribution in [0.2, 0.25) is 0 Å². The number of aldehydes is 1. The first kappa shape index (κ1) is 21.3. The van der Waals surface area contributed by atoms with Gasteiger partial charge < -0.3 is 4.74 Å². The van der Waals surface area contributed by atoms with Gasteiger partial charge in [0.2, 0.25) is 9.84 Å². The minimum Gasteiger partial charge on any atom is -0.444 e. The van der Waals surface area contributed by atoms with Crippen molar-refractivity contribution in [2.45, 2.75) is 61.8 Å². The third kappa shape index (κ3) is 4.28. The van der Waals surface area contributed by atoms with Gasteiger partial charge in [-0.05, 0) is 46.1 Å². The molecule has 1 heterocycles. The molecule has 1 unspecified atom stereocenters. The summed E-state index contributed by atoms with van der Waals surface area (Å²) in [5, 5.41) is -4.27. The molecule has 150 valence electrons. The second-order valence-electron chi connectivity index (χ2n) is 7.41. The van der Waals surface area contributed by atoms with Gasteiger partial charge in [-0.1, -0.05) is 18.2 Å². The van der Waals surface area contributed by atoms with E-state index in [4.69, 9.17) is 4.74 Å². The van der Waals surface area contributed by atoms with E-state index in [0.717, 1.165) is 17.0 Å². The summed E-state index contributed by atoms with van der Waals surface area (Å²) in [6.45, 7) is 4.76. The predicted octanol–water partition coefficient (Wildman–Crippen LogP) is 3.66. The zero-order chi connectivity index (χ0) is 20.5. The summed E-state index contributed by atoms with van der Waals surface area (Å²) < 4.78 is 60.9. The Morgan fingerprint density at radius 1 is 1.22 bits per heavy atom. The fourth-order valence-electron chi connectivity index (χ4n) is 2.97. The van der Waals surface area contributed by atoms with E-state index in [9.17, 15) is 18.0 Å². The maximum Gasteiger partial charge on any atom is 0.410 e. The largest absolute Gasteiger partial charge is 0.444 e. The number of rotatable bonds is 4. The van der Waals surface area contributed by atoms with Crippen LogP contribution in [-0.4, -0.2) is 49.1 Å². The van der Waals surface area contributed by atoms with Crippen LogP contribution in [0, 0.1) is 0 Å². The topological polar surface area (TPSA) is 80.8 Å². The van der Waals surface area contributed by atoms with Gasteiger partial charge in [-0.3, -0.25) is 9.69 Å². The summed E-state index contributed by atoms with van der Waals surface area (Å²) in [6.07, 6.45) is -0.128. The van der Waals surface area contributed by atoms with Crippen molar-refractivity contribution in [3.8, 4) is 0 Å². The van der Waals surface area contributed by atoms with E-state index in [2.05, 4.69) is 0 Å². The Hall–Kier alpha value is -2.03. The maximum absolute atomic E-state index is 15.2. The zero-order valence-corrected chi connectivity index (χ0v) is 16.3. The summed E-state index contributed by atoms with van der Waals surface area (Å²) in [5.41, 5.74) is -1.26. The minimum absolute atomic E-state index is 0.0278. The van der Waals surface area contributed by atoms with Gasteiger partial charge in [0.05, 0.1) is 4.90 Å². The molecular formula is C18H23F2NO5S. The lowest BCUT2D eigenvalue weighted by Gasteiger charge is -2.39. The number of alkyl halides is 2. The van der Waals surface area contributed by atoms with Crippen LogP contribution in [0.4, 0.5) is 13.6 Å². The van der Waals surface area contributed by atoms with Gasteiger partial charge in [-0.25, -0.2) is 13.2 Å². The van der Waals surface area contributed by atoms with Crippen molar-refractivity contribution in [3.63, 3.8) is 0 Å². The number of hydrogen-bond acceptors (Lipinski definition) is 5. The van der Waals surface area contributed by atoms with Crippen molar-refractivity contribution in [1.82, 2.24) is 4.90 Å². The Morgan fingerprint density at radius 2 is 1.85 bits per heavy atom. The molecule has 0 spiro atoms. The number of sulfone groups is 1. The van der Waals surface area contributed by atoms with E-state index in [-0.39, 0.29) is 24.8 Å². The molecule has 1 saturated heterocycles. The first-order chi connectivity index (χ1) is 12.4. The highest BCUT2D eigenvalue weighted by Gasteiger charge is 2.57. The molecule has 1 fully saturated rings. The first-order valence-electron chi connectivity index (χ1n) is 8.58. The van der Waals surface area contributed by atoms with Gasteiger partial charge >= 0.3 is 11.3 Å². The van der Waals surface area contributed by atoms with Crippen LogP contribution >= 0.6 is 0 Å². The molecule has 0 aromatic heterocycles. The fraction of sp³-hybridized carbons (Fsp3) is 0.556. The molecular weight excluding hydrogens is 380 g/mol. The number of ether oxygens (including phenoxy) is 1. The Bertz CT molecular complexity index is 817. The van der Waals surface area contributed by atoms with Gasteiger partial charge in [-0.2, -0.15) is 8.78 Å². The van der Waals surface area contributed by atoms with Crippen LogP contribution in [0.5, 0.6) is 0 Å². The molecule has 1 aromatic rings. The lowest BCUT2D eigenvalue weighted by molar-refractivity contribution is -0.0455. The molecule has 0 aliphatic carbocycles. The van der Waals surface area contributed by atoms with Crippen LogP contribution in [0.15, 0.2) is 29.2 Å². The maximum atomic E-state index is 15.2. The lowest BCUT2D eigenvalue weighted by Crippen LogP contribution is -2.56. The first-order valence-corrected chi connectivity index (χ1v) is 10.1. The second-order valence-corrected chi connectivity index (χ2v) is 9.40. The molecule has 1 aliphatic heterocycles. The van der Waals surface area contributed by atoms with Crippen LogP contribution in [-0.2, 0) is 14.6 Å². The summed E-state index contributed by atoms with van der Waals surface area (Å²) in [4.78, 5) is 23.5. The van der Waals surface area contributed by atoms with E-state index < -0.39 is 37.7 Å². The zero-order valence-electron chi connectivity index (χ0n) is 15.4. The Balaban J connectivity index is 2.45. The number of carbonyl (C=O) groups excluding carboxylic acids is 2. The predicted molar refractivity (Wildman–Crippen MR) is 94.5 cm³/mol. The molecule has 2 rings (SSSR count). The molecule has 0 radical (unpaired) electrons. The third-order valence-electron chi connectivity index (χ3n) is 4.21. The molecule has 1 amide bonds. The number of carbonyl (C=O) groups is 2. The highest BCUT2D eigenvalue weighted by atomic mass is 32.2. The molecule has 1 atom stereocenters. The molecule has 27 heavy (non-hydrogen) atoms. The normalized spacial score (nSPS) is 18.9. The highest BCUT2D eigenvalue weighted by molar-refractivity contribution is 7.92. The average molecular weight is 403 g/mol. The number of benzene rings is 1. The van der Waals surface area contributed by atoms with Gasteiger partial charge in [0, 0.05) is 12.1 Å². The number of nitrogens with zero attached hydrogens (tertiary/aromatic N) is 1. The second kappa shape index (κ2) is 7.53. The molecule has 0 N–H and O–H groups in total. The van der Waals surface area contributed by atoms with Gasteiger partial charge in [0.1, 0.15) is 11.6 Å². The van der Waals surface area contributed by atoms with Gasteiger partial charge in [0.15, 0.2) is 6.29 Å². The summed E-state index contributed by atoms with van der Waals surface area (Å²) >= 11 is 0. The smallest absolute Gasteiger partial charge is 0.410 e. The van der Waals surface area contributed by atoms with E-state index in [0.29, 0.717) is 12.8 Å². The Kier molecular flexibility index (Phi) is 5.94. The van der Waals surface area contributed by atoms with E-state index in [1.807, 2.05) is 0 Å². The molecule has 9 heteroatoms. The van der Waals surface area contributed by atoms with Crippen LogP contribution in [0.3, 0.4) is 0 Å². The molecule has 1 aliphatic rings. The number of likely N-dealkylation sites (tertiary alicyclic amines) is 1. The van der Waals surface area contributed by atoms with Crippen molar-refractivity contribution in [1.29, 1.82) is 0 Å². The van der Waals surface area contributed by atoms with E-state index >= 15 is 8.78 Å². The SMILES string of the molecule is CC(C)(C)OC(=O)N1CCCCC1C(F)(F)S(=O)(=O)c1ccccc1C=O. The molecule has 6 nitrogen and oxygen atoms in total. The summed E-state index contributed by atoms with van der Waals surface area (Å²) in [6, 6.07) is 2.90. The van der Waals surface area contributed by atoms with Gasteiger partial charge in [0.25, 0.3) is 0 Å². The Labute approximate surface area is 157 Å². The third-order valence-corrected chi connectivity index (χ3v) is 6.15. The van der Waals surface area contributed by atoms with Crippen LogP contribution in [0.25, 0.3) is 0 Å². The molecule has 1 aromatic carbocycles. The highest BCUT2D eigenvalue weighted by Crippen LogP contribution is 2.40. The minimum atomic E-state index is -5.21. The van der Waals surface area contributed by atoms with Gasteiger partial charge in [-0.15, -0.1) is 0 Å². The molecule has 0 saturated carbocycles. The van der Waals surface area contributed by atoms with Crippen LogP contribution < -0.4 is 0 Å². The lowest BCUT2D eigenvalue weighted by atomic mass is 10.0. The fourth-order valence-corrected chi connectivity index (χ4v) is 4.55. The monoisotopic (exact) mass is 403 g/mol.